The summed E-state index contributed by atoms with van der Waals surface area (Å²) in [6.07, 6.45) is 0. The predicted molar refractivity (Wildman–Crippen MR) is 111 cm³/mol. The van der Waals surface area contributed by atoms with Crippen molar-refractivity contribution in [3.8, 4) is 11.5 Å². The molecule has 8 heteroatoms. The standard InChI is InChI=1S/C19H18N4O2S2/c1-23(2)19(26)27-15(13-9-5-3-6-10-13)16(24)20-18-22-21-17(25-18)14-11-7-4-8-12-14/h3-12,15H,1-2H3,(H,20,22,24). The third-order valence-electron chi connectivity index (χ3n) is 3.60. The third-order valence-corrected chi connectivity index (χ3v) is 5.54. The Labute approximate surface area is 167 Å². The van der Waals surface area contributed by atoms with Crippen LogP contribution in [0.3, 0.4) is 0 Å². The van der Waals surface area contributed by atoms with Crippen LogP contribution in [-0.4, -0.2) is 39.4 Å². The van der Waals surface area contributed by atoms with E-state index in [9.17, 15) is 4.79 Å². The van der Waals surface area contributed by atoms with E-state index >= 15 is 0 Å². The normalized spacial score (nSPS) is 11.6. The van der Waals surface area contributed by atoms with Crippen molar-refractivity contribution < 1.29 is 9.21 Å². The van der Waals surface area contributed by atoms with Crippen molar-refractivity contribution >= 4 is 40.2 Å². The Morgan fingerprint density at radius 2 is 1.70 bits per heavy atom. The molecule has 0 aliphatic carbocycles. The highest BCUT2D eigenvalue weighted by molar-refractivity contribution is 8.23. The van der Waals surface area contributed by atoms with E-state index < -0.39 is 5.25 Å². The van der Waals surface area contributed by atoms with E-state index in [4.69, 9.17) is 16.6 Å². The second kappa shape index (κ2) is 8.79. The Balaban J connectivity index is 1.78. The van der Waals surface area contributed by atoms with Gasteiger partial charge in [-0.15, -0.1) is 5.10 Å². The molecule has 0 saturated heterocycles. The number of aromatic nitrogens is 2. The topological polar surface area (TPSA) is 71.3 Å². The molecule has 0 saturated carbocycles. The summed E-state index contributed by atoms with van der Waals surface area (Å²) < 4.78 is 6.18. The number of thioether (sulfide) groups is 1. The number of carbonyl (C=O) groups is 1. The molecule has 0 radical (unpaired) electrons. The number of thiocarbonyl (C=S) groups is 1. The number of amides is 1. The minimum atomic E-state index is -0.534. The molecule has 3 rings (SSSR count). The summed E-state index contributed by atoms with van der Waals surface area (Å²) in [5.74, 6) is 0.0669. The molecule has 3 aromatic rings. The first-order chi connectivity index (χ1) is 13.0. The quantitative estimate of drug-likeness (QED) is 0.652. The van der Waals surface area contributed by atoms with Crippen molar-refractivity contribution in [1.82, 2.24) is 15.1 Å². The first kappa shape index (κ1) is 19.1. The van der Waals surface area contributed by atoms with Crippen LogP contribution in [0.15, 0.2) is 65.1 Å². The molecule has 0 aliphatic heterocycles. The molecular weight excluding hydrogens is 380 g/mol. The number of nitrogens with zero attached hydrogens (tertiary/aromatic N) is 3. The van der Waals surface area contributed by atoms with Gasteiger partial charge in [0.05, 0.1) is 0 Å². The van der Waals surface area contributed by atoms with E-state index in [1.54, 1.807) is 4.90 Å². The number of hydrogen-bond donors (Lipinski definition) is 1. The molecule has 27 heavy (non-hydrogen) atoms. The minimum absolute atomic E-state index is 0.0520. The molecule has 1 aromatic heterocycles. The Morgan fingerprint density at radius 1 is 1.07 bits per heavy atom. The van der Waals surface area contributed by atoms with E-state index in [1.165, 1.54) is 11.8 Å². The molecule has 0 spiro atoms. The van der Waals surface area contributed by atoms with Gasteiger partial charge in [-0.05, 0) is 17.7 Å². The average molecular weight is 399 g/mol. The van der Waals surface area contributed by atoms with Gasteiger partial charge in [0.2, 0.25) is 11.8 Å². The zero-order valence-electron chi connectivity index (χ0n) is 14.8. The molecule has 1 amide bonds. The molecule has 1 unspecified atom stereocenters. The van der Waals surface area contributed by atoms with Gasteiger partial charge in [0.1, 0.15) is 9.57 Å². The molecule has 0 bridgehead atoms. The zero-order chi connectivity index (χ0) is 19.2. The number of carbonyl (C=O) groups excluding carboxylic acids is 1. The van der Waals surface area contributed by atoms with Crippen LogP contribution in [0, 0.1) is 0 Å². The van der Waals surface area contributed by atoms with Crippen molar-refractivity contribution in [3.63, 3.8) is 0 Å². The third kappa shape index (κ3) is 4.93. The second-order valence-electron chi connectivity index (χ2n) is 5.84. The zero-order valence-corrected chi connectivity index (χ0v) is 16.5. The monoisotopic (exact) mass is 398 g/mol. The fourth-order valence-electron chi connectivity index (χ4n) is 2.25. The van der Waals surface area contributed by atoms with E-state index in [0.29, 0.717) is 10.2 Å². The van der Waals surface area contributed by atoms with Gasteiger partial charge in [-0.25, -0.2) is 0 Å². The molecule has 0 aliphatic rings. The van der Waals surface area contributed by atoms with Crippen molar-refractivity contribution in [2.24, 2.45) is 0 Å². The van der Waals surface area contributed by atoms with Crippen LogP contribution in [0.5, 0.6) is 0 Å². The SMILES string of the molecule is CN(C)C(=S)SC(C(=O)Nc1nnc(-c2ccccc2)o1)c1ccccc1. The smallest absolute Gasteiger partial charge is 0.322 e. The highest BCUT2D eigenvalue weighted by Crippen LogP contribution is 2.32. The van der Waals surface area contributed by atoms with Gasteiger partial charge in [-0.1, -0.05) is 77.6 Å². The maximum atomic E-state index is 12.9. The molecular formula is C19H18N4O2S2. The summed E-state index contributed by atoms with van der Waals surface area (Å²) >= 11 is 6.66. The Hall–Kier alpha value is -2.71. The fourth-order valence-corrected chi connectivity index (χ4v) is 3.41. The highest BCUT2D eigenvalue weighted by Gasteiger charge is 2.25. The molecule has 1 atom stereocenters. The minimum Gasteiger partial charge on any atom is -0.403 e. The lowest BCUT2D eigenvalue weighted by Gasteiger charge is -2.19. The summed E-state index contributed by atoms with van der Waals surface area (Å²) in [5, 5.41) is 10.1. The first-order valence-electron chi connectivity index (χ1n) is 8.17. The van der Waals surface area contributed by atoms with Crippen LogP contribution >= 0.6 is 24.0 Å². The largest absolute Gasteiger partial charge is 0.403 e. The lowest BCUT2D eigenvalue weighted by atomic mass is 10.1. The second-order valence-corrected chi connectivity index (χ2v) is 7.58. The van der Waals surface area contributed by atoms with Crippen molar-refractivity contribution in [2.45, 2.75) is 5.25 Å². The van der Waals surface area contributed by atoms with Gasteiger partial charge in [-0.2, -0.15) is 0 Å². The first-order valence-corrected chi connectivity index (χ1v) is 9.46. The van der Waals surface area contributed by atoms with Crippen LogP contribution in [0.1, 0.15) is 10.8 Å². The molecule has 1 N–H and O–H groups in total. The maximum Gasteiger partial charge on any atom is 0.322 e. The van der Waals surface area contributed by atoms with Crippen LogP contribution in [0.4, 0.5) is 6.01 Å². The number of rotatable bonds is 5. The van der Waals surface area contributed by atoms with E-state index in [2.05, 4.69) is 15.5 Å². The maximum absolute atomic E-state index is 12.9. The summed E-state index contributed by atoms with van der Waals surface area (Å²) in [6.45, 7) is 0. The molecule has 2 aromatic carbocycles. The molecule has 138 valence electrons. The summed E-state index contributed by atoms with van der Waals surface area (Å²) in [6, 6.07) is 18.9. The Kier molecular flexibility index (Phi) is 6.20. The fraction of sp³-hybridized carbons (Fsp3) is 0.158. The van der Waals surface area contributed by atoms with Gasteiger partial charge >= 0.3 is 6.01 Å². The lowest BCUT2D eigenvalue weighted by molar-refractivity contribution is -0.115. The van der Waals surface area contributed by atoms with E-state index in [-0.39, 0.29) is 11.9 Å². The number of benzene rings is 2. The number of anilines is 1. The van der Waals surface area contributed by atoms with Crippen LogP contribution in [0.25, 0.3) is 11.5 Å². The Bertz CT molecular complexity index is 914. The van der Waals surface area contributed by atoms with Gasteiger partial charge in [0.15, 0.2) is 0 Å². The molecule has 6 nitrogen and oxygen atoms in total. The van der Waals surface area contributed by atoms with Crippen molar-refractivity contribution in [2.75, 3.05) is 19.4 Å². The number of hydrogen-bond acceptors (Lipinski definition) is 6. The summed E-state index contributed by atoms with van der Waals surface area (Å²) in [7, 11) is 3.69. The molecule has 1 heterocycles. The highest BCUT2D eigenvalue weighted by atomic mass is 32.2. The molecule has 0 fully saturated rings. The lowest BCUT2D eigenvalue weighted by Crippen LogP contribution is -2.24. The van der Waals surface area contributed by atoms with Gasteiger partial charge in [0.25, 0.3) is 0 Å². The number of nitrogens with one attached hydrogen (secondary N) is 1. The summed E-state index contributed by atoms with van der Waals surface area (Å²) in [4.78, 5) is 14.7. The van der Waals surface area contributed by atoms with Gasteiger partial charge in [-0.3, -0.25) is 10.1 Å². The van der Waals surface area contributed by atoms with Crippen LogP contribution in [0.2, 0.25) is 0 Å². The van der Waals surface area contributed by atoms with Crippen LogP contribution in [-0.2, 0) is 4.79 Å². The summed E-state index contributed by atoms with van der Waals surface area (Å²) in [5.41, 5.74) is 1.63. The van der Waals surface area contributed by atoms with E-state index in [1.807, 2.05) is 74.8 Å². The predicted octanol–water partition coefficient (Wildman–Crippen LogP) is 4.00. The Morgan fingerprint density at radius 3 is 2.33 bits per heavy atom. The average Bonchev–Trinajstić information content (AvgIpc) is 3.15. The van der Waals surface area contributed by atoms with E-state index in [0.717, 1.165) is 11.1 Å². The van der Waals surface area contributed by atoms with Crippen molar-refractivity contribution in [3.05, 3.63) is 66.2 Å². The van der Waals surface area contributed by atoms with Crippen molar-refractivity contribution in [1.29, 1.82) is 0 Å². The van der Waals surface area contributed by atoms with Gasteiger partial charge in [0, 0.05) is 19.7 Å². The van der Waals surface area contributed by atoms with Crippen LogP contribution < -0.4 is 5.32 Å². The van der Waals surface area contributed by atoms with Gasteiger partial charge < -0.3 is 9.32 Å².